The van der Waals surface area contributed by atoms with E-state index in [1.165, 1.54) is 12.1 Å². The van der Waals surface area contributed by atoms with Crippen molar-refractivity contribution < 1.29 is 27.8 Å². The molecule has 1 amide bonds. The third kappa shape index (κ3) is 3.62. The fraction of sp³-hybridized carbons (Fsp3) is 0.300. The van der Waals surface area contributed by atoms with E-state index >= 15 is 0 Å². The monoisotopic (exact) mass is 386 g/mol. The third-order valence-electron chi connectivity index (χ3n) is 4.43. The molecule has 1 atom stereocenters. The van der Waals surface area contributed by atoms with E-state index in [0.717, 1.165) is 0 Å². The number of anilines is 1. The van der Waals surface area contributed by atoms with Crippen LogP contribution < -0.4 is 14.8 Å². The Kier molecular flexibility index (Phi) is 4.40. The number of carbonyl (C=O) groups excluding carboxylic acids is 1. The van der Waals surface area contributed by atoms with E-state index < -0.39 is 12.2 Å². The zero-order valence-electron chi connectivity index (χ0n) is 14.9. The Hall–Kier alpha value is -3.18. The number of alkyl halides is 2. The summed E-state index contributed by atoms with van der Waals surface area (Å²) in [4.78, 5) is 12.1. The molecular formula is C20H16F2N2O4. The van der Waals surface area contributed by atoms with Gasteiger partial charge in [-0.15, -0.1) is 0 Å². The number of rotatable bonds is 5. The summed E-state index contributed by atoms with van der Waals surface area (Å²) in [6.07, 6.45) is -3.23. The van der Waals surface area contributed by atoms with Crippen LogP contribution >= 0.6 is 0 Å². The van der Waals surface area contributed by atoms with Gasteiger partial charge in [0.05, 0.1) is 24.5 Å². The second-order valence-corrected chi connectivity index (χ2v) is 6.61. The molecule has 1 fully saturated rings. The van der Waals surface area contributed by atoms with E-state index in [4.69, 9.17) is 9.47 Å². The summed E-state index contributed by atoms with van der Waals surface area (Å²) < 4.78 is 41.3. The number of fused-ring (bicyclic) bond motifs is 1. The molecule has 2 aliphatic rings. The van der Waals surface area contributed by atoms with Gasteiger partial charge in [-0.1, -0.05) is 12.1 Å². The smallest absolute Gasteiger partial charge is 0.394 e. The highest BCUT2D eigenvalue weighted by molar-refractivity contribution is 5.98. The maximum atomic E-state index is 13.0. The van der Waals surface area contributed by atoms with Gasteiger partial charge in [0.25, 0.3) is 5.91 Å². The molecule has 0 bridgehead atoms. The van der Waals surface area contributed by atoms with Crippen LogP contribution in [0.25, 0.3) is 11.1 Å². The quantitative estimate of drug-likeness (QED) is 0.796. The van der Waals surface area contributed by atoms with Crippen molar-refractivity contribution in [3.05, 3.63) is 41.5 Å². The number of ether oxygens (including phenoxy) is 3. The molecule has 0 spiro atoms. The number of benzene rings is 2. The van der Waals surface area contributed by atoms with Gasteiger partial charge in [-0.25, -0.2) is 0 Å². The maximum Gasteiger partial charge on any atom is 0.394 e. The minimum Gasteiger partial charge on any atom is -0.492 e. The largest absolute Gasteiger partial charge is 0.492 e. The molecule has 2 aliphatic heterocycles. The molecule has 0 saturated carbocycles. The highest BCUT2D eigenvalue weighted by Crippen LogP contribution is 2.43. The van der Waals surface area contributed by atoms with Crippen LogP contribution in [0.15, 0.2) is 30.3 Å². The molecule has 1 saturated heterocycles. The number of epoxide rings is 1. The lowest BCUT2D eigenvalue weighted by Gasteiger charge is -2.16. The Morgan fingerprint density at radius 1 is 1.36 bits per heavy atom. The van der Waals surface area contributed by atoms with Crippen molar-refractivity contribution in [3.8, 4) is 28.7 Å². The molecule has 8 heteroatoms. The molecule has 2 heterocycles. The first kappa shape index (κ1) is 18.2. The van der Waals surface area contributed by atoms with Gasteiger partial charge in [0.15, 0.2) is 6.10 Å². The molecule has 4 rings (SSSR count). The highest BCUT2D eigenvalue weighted by Gasteiger charge is 2.33. The van der Waals surface area contributed by atoms with E-state index in [1.54, 1.807) is 18.2 Å². The SMILES string of the molecule is CC(F)(F)Oc1ccc(-c2cc(NC(=O)C3CO3)c(C#N)c3c2OCC3)cc1. The lowest BCUT2D eigenvalue weighted by molar-refractivity contribution is -0.158. The molecule has 28 heavy (non-hydrogen) atoms. The van der Waals surface area contributed by atoms with Gasteiger partial charge < -0.3 is 19.5 Å². The normalized spacial score (nSPS) is 17.3. The van der Waals surface area contributed by atoms with Crippen LogP contribution in [0, 0.1) is 11.3 Å². The molecule has 2 aromatic rings. The average molecular weight is 386 g/mol. The fourth-order valence-electron chi connectivity index (χ4n) is 3.14. The van der Waals surface area contributed by atoms with Gasteiger partial charge in [0, 0.05) is 24.5 Å². The standard InChI is InChI=1S/C20H16F2N2O4/c1-20(21,22)28-12-4-2-11(3-5-12)14-8-16(24-19(25)17-10-27-17)15(9-23)13-6-7-26-18(13)14/h2-5,8,17H,6-7,10H2,1H3,(H,24,25). The van der Waals surface area contributed by atoms with E-state index in [9.17, 15) is 18.8 Å². The summed E-state index contributed by atoms with van der Waals surface area (Å²) in [5.74, 6) is 0.281. The van der Waals surface area contributed by atoms with Crippen molar-refractivity contribution in [2.75, 3.05) is 18.5 Å². The van der Waals surface area contributed by atoms with Crippen molar-refractivity contribution in [3.63, 3.8) is 0 Å². The molecule has 2 aromatic carbocycles. The summed E-state index contributed by atoms with van der Waals surface area (Å²) in [6.45, 7) is 1.45. The van der Waals surface area contributed by atoms with Crippen LogP contribution in [0.1, 0.15) is 18.1 Å². The zero-order chi connectivity index (χ0) is 19.9. The van der Waals surface area contributed by atoms with Crippen LogP contribution in [0.4, 0.5) is 14.5 Å². The Labute approximate surface area is 159 Å². The number of carbonyl (C=O) groups is 1. The number of nitrogens with one attached hydrogen (secondary N) is 1. The topological polar surface area (TPSA) is 83.9 Å². The second kappa shape index (κ2) is 6.77. The maximum absolute atomic E-state index is 13.0. The van der Waals surface area contributed by atoms with Crippen molar-refractivity contribution in [1.82, 2.24) is 0 Å². The summed E-state index contributed by atoms with van der Waals surface area (Å²) >= 11 is 0. The lowest BCUT2D eigenvalue weighted by Crippen LogP contribution is -2.19. The van der Waals surface area contributed by atoms with Gasteiger partial charge in [-0.3, -0.25) is 4.79 Å². The number of nitriles is 1. The number of nitrogens with zero attached hydrogens (tertiary/aromatic N) is 1. The first-order chi connectivity index (χ1) is 13.4. The second-order valence-electron chi connectivity index (χ2n) is 6.61. The Morgan fingerprint density at radius 2 is 2.07 bits per heavy atom. The predicted octanol–water partition coefficient (Wildman–Crippen LogP) is 3.49. The van der Waals surface area contributed by atoms with Crippen molar-refractivity contribution >= 4 is 11.6 Å². The first-order valence-corrected chi connectivity index (χ1v) is 8.68. The third-order valence-corrected chi connectivity index (χ3v) is 4.43. The average Bonchev–Trinajstić information content (AvgIpc) is 3.38. The van der Waals surface area contributed by atoms with Gasteiger partial charge >= 0.3 is 6.11 Å². The van der Waals surface area contributed by atoms with Crippen molar-refractivity contribution in [2.45, 2.75) is 25.6 Å². The molecule has 0 aromatic heterocycles. The molecular weight excluding hydrogens is 370 g/mol. The van der Waals surface area contributed by atoms with Crippen LogP contribution in [-0.2, 0) is 16.0 Å². The van der Waals surface area contributed by atoms with Crippen LogP contribution in [0.5, 0.6) is 11.5 Å². The minimum atomic E-state index is -3.28. The van der Waals surface area contributed by atoms with Gasteiger partial charge in [0.2, 0.25) is 0 Å². The van der Waals surface area contributed by atoms with E-state index in [-0.39, 0.29) is 11.7 Å². The number of hydrogen-bond donors (Lipinski definition) is 1. The van der Waals surface area contributed by atoms with Crippen molar-refractivity contribution in [2.24, 2.45) is 0 Å². The Morgan fingerprint density at radius 3 is 2.68 bits per heavy atom. The lowest BCUT2D eigenvalue weighted by atomic mass is 9.95. The van der Waals surface area contributed by atoms with Crippen LogP contribution in [0.3, 0.4) is 0 Å². The van der Waals surface area contributed by atoms with Crippen LogP contribution in [0.2, 0.25) is 0 Å². The van der Waals surface area contributed by atoms with Gasteiger partial charge in [0.1, 0.15) is 17.6 Å². The van der Waals surface area contributed by atoms with E-state index in [2.05, 4.69) is 16.1 Å². The number of halogens is 2. The summed E-state index contributed by atoms with van der Waals surface area (Å²) in [7, 11) is 0. The Balaban J connectivity index is 1.73. The highest BCUT2D eigenvalue weighted by atomic mass is 19.3. The molecule has 1 unspecified atom stereocenters. The first-order valence-electron chi connectivity index (χ1n) is 8.68. The zero-order valence-corrected chi connectivity index (χ0v) is 14.9. The predicted molar refractivity (Wildman–Crippen MR) is 95.4 cm³/mol. The summed E-state index contributed by atoms with van der Waals surface area (Å²) in [5, 5.41) is 12.3. The fourth-order valence-corrected chi connectivity index (χ4v) is 3.14. The summed E-state index contributed by atoms with van der Waals surface area (Å²) in [6, 6.07) is 9.91. The molecule has 0 aliphatic carbocycles. The van der Waals surface area contributed by atoms with E-state index in [0.29, 0.717) is 60.2 Å². The van der Waals surface area contributed by atoms with Crippen LogP contribution in [-0.4, -0.2) is 31.3 Å². The van der Waals surface area contributed by atoms with Crippen molar-refractivity contribution in [1.29, 1.82) is 5.26 Å². The summed E-state index contributed by atoms with van der Waals surface area (Å²) in [5.41, 5.74) is 2.80. The molecule has 144 valence electrons. The number of amides is 1. The van der Waals surface area contributed by atoms with E-state index in [1.807, 2.05) is 0 Å². The van der Waals surface area contributed by atoms with Gasteiger partial charge in [-0.2, -0.15) is 14.0 Å². The number of hydrogen-bond acceptors (Lipinski definition) is 5. The Bertz CT molecular complexity index is 974. The minimum absolute atomic E-state index is 0.0295. The molecule has 1 N–H and O–H groups in total. The molecule has 0 radical (unpaired) electrons. The molecule has 6 nitrogen and oxygen atoms in total. The van der Waals surface area contributed by atoms with Gasteiger partial charge in [-0.05, 0) is 23.8 Å².